The van der Waals surface area contributed by atoms with Crippen LogP contribution in [0.2, 0.25) is 0 Å². The van der Waals surface area contributed by atoms with Gasteiger partial charge < -0.3 is 19.9 Å². The molecular formula is C25H29N3O5. The van der Waals surface area contributed by atoms with Crippen LogP contribution >= 0.6 is 0 Å². The molecule has 0 saturated carbocycles. The number of rotatable bonds is 9. The predicted molar refractivity (Wildman–Crippen MR) is 124 cm³/mol. The molecule has 0 unspecified atom stereocenters. The highest BCUT2D eigenvalue weighted by Crippen LogP contribution is 2.16. The molecule has 0 aliphatic heterocycles. The first-order valence-electron chi connectivity index (χ1n) is 10.8. The van der Waals surface area contributed by atoms with Crippen LogP contribution in [0, 0.1) is 0 Å². The molecule has 0 amide bonds. The van der Waals surface area contributed by atoms with Crippen LogP contribution < -0.4 is 15.6 Å². The van der Waals surface area contributed by atoms with Gasteiger partial charge in [0.1, 0.15) is 0 Å². The number of quaternary nitrogens is 1. The molecule has 1 aromatic heterocycles. The molecule has 33 heavy (non-hydrogen) atoms. The molecule has 1 heterocycles. The number of nitrogens with zero attached hydrogens (tertiary/aromatic N) is 2. The molecule has 0 aliphatic carbocycles. The molecular weight excluding hydrogens is 422 g/mol. The molecule has 0 spiro atoms. The predicted octanol–water partition coefficient (Wildman–Crippen LogP) is 0.289. The maximum Gasteiger partial charge on any atom is 0.328 e. The van der Waals surface area contributed by atoms with Crippen LogP contribution in [0.4, 0.5) is 0 Å². The van der Waals surface area contributed by atoms with Crippen LogP contribution in [-0.2, 0) is 22.6 Å². The standard InChI is InChI=1S/C21H25N3O.C4H4O4/c1-3-23(4-2)14-15-24-21(25)19-13-9-8-12-18(19)20(22-24)16-17-10-6-5-7-11-17;5-3(6)1-2-4(7)8/h5-13H,3-4,14-16H2,1-2H3;1-2H,(H,5,6)(H,7,8). The van der Waals surface area contributed by atoms with E-state index >= 15 is 0 Å². The monoisotopic (exact) mass is 451 g/mol. The number of carboxylic acids is 2. The summed E-state index contributed by atoms with van der Waals surface area (Å²) in [4.78, 5) is 33.3. The highest BCUT2D eigenvalue weighted by Gasteiger charge is 2.12. The summed E-state index contributed by atoms with van der Waals surface area (Å²) < 4.78 is 1.66. The molecule has 3 aromatic rings. The smallest absolute Gasteiger partial charge is 0.328 e. The number of fused-ring (bicyclic) bond motifs is 1. The summed E-state index contributed by atoms with van der Waals surface area (Å²) in [6.07, 6.45) is 1.68. The van der Waals surface area contributed by atoms with Gasteiger partial charge in [0.15, 0.2) is 0 Å². The van der Waals surface area contributed by atoms with E-state index in [2.05, 4.69) is 26.0 Å². The Morgan fingerprint density at radius 1 is 1.00 bits per heavy atom. The van der Waals surface area contributed by atoms with E-state index in [1.807, 2.05) is 42.5 Å². The summed E-state index contributed by atoms with van der Waals surface area (Å²) in [5, 5.41) is 23.7. The van der Waals surface area contributed by atoms with E-state index in [0.717, 1.165) is 42.5 Å². The van der Waals surface area contributed by atoms with Gasteiger partial charge in [-0.2, -0.15) is 5.10 Å². The lowest BCUT2D eigenvalue weighted by Gasteiger charge is -2.16. The van der Waals surface area contributed by atoms with Crippen molar-refractivity contribution in [2.24, 2.45) is 0 Å². The van der Waals surface area contributed by atoms with Crippen LogP contribution in [0.15, 0.2) is 71.5 Å². The second-order valence-corrected chi connectivity index (χ2v) is 7.38. The number of aromatic nitrogens is 2. The minimum Gasteiger partial charge on any atom is -0.545 e. The van der Waals surface area contributed by atoms with Crippen molar-refractivity contribution in [3.63, 3.8) is 0 Å². The fraction of sp³-hybridized carbons (Fsp3) is 0.280. The third-order valence-corrected chi connectivity index (χ3v) is 5.20. The average molecular weight is 452 g/mol. The van der Waals surface area contributed by atoms with E-state index in [-0.39, 0.29) is 5.56 Å². The summed E-state index contributed by atoms with van der Waals surface area (Å²) in [7, 11) is 0. The van der Waals surface area contributed by atoms with Gasteiger partial charge >= 0.3 is 5.97 Å². The third kappa shape index (κ3) is 8.01. The Kier molecular flexibility index (Phi) is 9.98. The van der Waals surface area contributed by atoms with Crippen LogP contribution in [0.3, 0.4) is 0 Å². The van der Waals surface area contributed by atoms with Crippen molar-refractivity contribution in [1.29, 1.82) is 0 Å². The highest BCUT2D eigenvalue weighted by atomic mass is 16.4. The summed E-state index contributed by atoms with van der Waals surface area (Å²) in [6, 6.07) is 18.1. The summed E-state index contributed by atoms with van der Waals surface area (Å²) >= 11 is 0. The van der Waals surface area contributed by atoms with E-state index in [9.17, 15) is 19.5 Å². The molecule has 0 fully saturated rings. The van der Waals surface area contributed by atoms with Crippen molar-refractivity contribution in [1.82, 2.24) is 9.78 Å². The van der Waals surface area contributed by atoms with E-state index in [4.69, 9.17) is 10.2 Å². The molecule has 174 valence electrons. The van der Waals surface area contributed by atoms with Gasteiger partial charge in [-0.15, -0.1) is 0 Å². The topological polar surface area (TPSA) is 117 Å². The van der Waals surface area contributed by atoms with Gasteiger partial charge in [0, 0.05) is 17.9 Å². The maximum absolute atomic E-state index is 12.8. The van der Waals surface area contributed by atoms with Crippen molar-refractivity contribution in [3.8, 4) is 0 Å². The minimum absolute atomic E-state index is 0.0129. The van der Waals surface area contributed by atoms with E-state index in [0.29, 0.717) is 18.7 Å². The van der Waals surface area contributed by atoms with Gasteiger partial charge in [-0.05, 0) is 31.6 Å². The summed E-state index contributed by atoms with van der Waals surface area (Å²) in [5.41, 5.74) is 2.19. The van der Waals surface area contributed by atoms with Gasteiger partial charge in [0.25, 0.3) is 5.56 Å². The molecule has 0 atom stereocenters. The molecule has 0 radical (unpaired) electrons. The second-order valence-electron chi connectivity index (χ2n) is 7.38. The molecule has 3 rings (SSSR count). The molecule has 0 bridgehead atoms. The quantitative estimate of drug-likeness (QED) is 0.452. The van der Waals surface area contributed by atoms with E-state index in [1.165, 1.54) is 10.5 Å². The van der Waals surface area contributed by atoms with Gasteiger partial charge in [-0.3, -0.25) is 4.79 Å². The van der Waals surface area contributed by atoms with Crippen molar-refractivity contribution >= 4 is 22.7 Å². The van der Waals surface area contributed by atoms with Crippen LogP contribution in [0.1, 0.15) is 25.1 Å². The van der Waals surface area contributed by atoms with Crippen LogP contribution in [0.5, 0.6) is 0 Å². The molecule has 2 N–H and O–H groups in total. The Morgan fingerprint density at radius 2 is 1.61 bits per heavy atom. The number of likely N-dealkylation sites (N-methyl/N-ethyl adjacent to an activating group) is 1. The van der Waals surface area contributed by atoms with Crippen LogP contribution in [-0.4, -0.2) is 46.5 Å². The molecule has 0 saturated heterocycles. The van der Waals surface area contributed by atoms with Crippen molar-refractivity contribution < 1.29 is 24.7 Å². The van der Waals surface area contributed by atoms with Gasteiger partial charge in [0.2, 0.25) is 0 Å². The maximum atomic E-state index is 12.8. The van der Waals surface area contributed by atoms with Crippen molar-refractivity contribution in [2.45, 2.75) is 26.8 Å². The second kappa shape index (κ2) is 12.9. The first-order chi connectivity index (χ1) is 15.8. The highest BCUT2D eigenvalue weighted by molar-refractivity contribution is 5.88. The zero-order valence-electron chi connectivity index (χ0n) is 18.9. The van der Waals surface area contributed by atoms with Gasteiger partial charge in [-0.1, -0.05) is 48.5 Å². The van der Waals surface area contributed by atoms with Crippen molar-refractivity contribution in [3.05, 3.63) is 88.4 Å². The Balaban J connectivity index is 0.000000414. The van der Waals surface area contributed by atoms with E-state index < -0.39 is 11.9 Å². The third-order valence-electron chi connectivity index (χ3n) is 5.20. The number of benzene rings is 2. The molecule has 8 heteroatoms. The zero-order valence-corrected chi connectivity index (χ0v) is 18.9. The van der Waals surface area contributed by atoms with Gasteiger partial charge in [0.05, 0.1) is 43.2 Å². The lowest BCUT2D eigenvalue weighted by Crippen LogP contribution is -3.11. The molecule has 0 aliphatic rings. The SMILES string of the molecule is CC[NH+](CC)CCn1nc(Cc2ccccc2)c2ccccc2c1=O.O=C([O-])C=CC(=O)O. The number of hydrogen-bond donors (Lipinski definition) is 2. The first kappa shape index (κ1) is 25.5. The number of nitrogens with one attached hydrogen (secondary N) is 1. The fourth-order valence-corrected chi connectivity index (χ4v) is 3.38. The Morgan fingerprint density at radius 3 is 2.15 bits per heavy atom. The minimum atomic E-state index is -1.51. The lowest BCUT2D eigenvalue weighted by atomic mass is 10.0. The number of carbonyl (C=O) groups excluding carboxylic acids is 1. The largest absolute Gasteiger partial charge is 0.545 e. The van der Waals surface area contributed by atoms with E-state index in [1.54, 1.807) is 4.68 Å². The Labute approximate surface area is 192 Å². The van der Waals surface area contributed by atoms with Gasteiger partial charge in [-0.25, -0.2) is 9.48 Å². The Bertz CT molecular complexity index is 1140. The Hall–Kier alpha value is -3.78. The number of carbonyl (C=O) groups is 2. The first-order valence-corrected chi connectivity index (χ1v) is 10.8. The van der Waals surface area contributed by atoms with Crippen LogP contribution in [0.25, 0.3) is 10.8 Å². The molecule has 8 nitrogen and oxygen atoms in total. The fourth-order valence-electron chi connectivity index (χ4n) is 3.38. The molecule has 2 aromatic carbocycles. The normalized spacial score (nSPS) is 10.9. The number of hydrogen-bond acceptors (Lipinski definition) is 5. The zero-order chi connectivity index (χ0) is 24.2. The van der Waals surface area contributed by atoms with Crippen molar-refractivity contribution in [2.75, 3.05) is 19.6 Å². The lowest BCUT2D eigenvalue weighted by molar-refractivity contribution is -0.897. The summed E-state index contributed by atoms with van der Waals surface area (Å²) in [6.45, 7) is 8.06. The average Bonchev–Trinajstić information content (AvgIpc) is 2.82. The number of aliphatic carboxylic acids is 2. The summed E-state index contributed by atoms with van der Waals surface area (Å²) in [5.74, 6) is -2.80. The number of carboxylic acid groups (broad SMARTS) is 2.